The number of benzene rings is 2. The van der Waals surface area contributed by atoms with E-state index in [2.05, 4.69) is 9.88 Å². The molecule has 9 heteroatoms. The van der Waals surface area contributed by atoms with Crippen molar-refractivity contribution in [1.29, 1.82) is 0 Å². The van der Waals surface area contributed by atoms with Crippen LogP contribution in [0, 0.1) is 22.9 Å². The topological polar surface area (TPSA) is 45.6 Å². The third-order valence-electron chi connectivity index (χ3n) is 7.57. The number of likely N-dealkylation sites (tertiary alicyclic amines) is 1. The van der Waals surface area contributed by atoms with Crippen LogP contribution in [0.2, 0.25) is 5.02 Å². The van der Waals surface area contributed by atoms with Gasteiger partial charge in [-0.25, -0.2) is 17.6 Å². The highest BCUT2D eigenvalue weighted by atomic mass is 35.5. The molecular formula is C28H31ClF4N2O2. The standard InChI is InChI=1S/C28H31ClF4N2O2/c1-37-19-4-5-26-21(15-19)27(22(29)16-34-26)23(31)6-7-28(17-36)8-11-35(12-9-28)10-2-3-20-24(32)13-18(30)14-25(20)33/h4-5,13-16,23,36H,2-3,6-12,17H2,1H3/t23-/m0/s1. The Morgan fingerprint density at radius 1 is 1.14 bits per heavy atom. The monoisotopic (exact) mass is 538 g/mol. The van der Waals surface area contributed by atoms with Gasteiger partial charge in [0, 0.05) is 41.4 Å². The van der Waals surface area contributed by atoms with Gasteiger partial charge in [-0.1, -0.05) is 11.6 Å². The second-order valence-corrected chi connectivity index (χ2v) is 10.3. The van der Waals surface area contributed by atoms with Gasteiger partial charge in [0.1, 0.15) is 29.4 Å². The van der Waals surface area contributed by atoms with Gasteiger partial charge in [0.2, 0.25) is 0 Å². The van der Waals surface area contributed by atoms with Crippen molar-refractivity contribution >= 4 is 22.5 Å². The average Bonchev–Trinajstić information content (AvgIpc) is 2.89. The van der Waals surface area contributed by atoms with Crippen molar-refractivity contribution in [2.75, 3.05) is 33.4 Å². The second-order valence-electron chi connectivity index (χ2n) is 9.86. The van der Waals surface area contributed by atoms with E-state index < -0.39 is 29.0 Å². The van der Waals surface area contributed by atoms with Crippen molar-refractivity contribution < 1.29 is 27.4 Å². The molecule has 4 rings (SSSR count). The third kappa shape index (κ3) is 6.36. The van der Waals surface area contributed by atoms with E-state index in [-0.39, 0.29) is 30.0 Å². The number of piperidine rings is 1. The summed E-state index contributed by atoms with van der Waals surface area (Å²) in [5, 5.41) is 11.1. The van der Waals surface area contributed by atoms with Crippen molar-refractivity contribution in [2.45, 2.75) is 44.7 Å². The molecule has 0 unspecified atom stereocenters. The number of aliphatic hydroxyl groups excluding tert-OH is 1. The maximum atomic E-state index is 15.6. The molecule has 0 bridgehead atoms. The molecule has 37 heavy (non-hydrogen) atoms. The van der Waals surface area contributed by atoms with Crippen LogP contribution in [0.25, 0.3) is 10.9 Å². The van der Waals surface area contributed by atoms with Gasteiger partial charge in [-0.05, 0) is 81.8 Å². The van der Waals surface area contributed by atoms with Crippen LogP contribution in [0.4, 0.5) is 17.6 Å². The highest BCUT2D eigenvalue weighted by Crippen LogP contribution is 2.42. The van der Waals surface area contributed by atoms with Gasteiger partial charge in [-0.2, -0.15) is 0 Å². The van der Waals surface area contributed by atoms with Crippen molar-refractivity contribution in [3.05, 3.63) is 70.1 Å². The summed E-state index contributed by atoms with van der Waals surface area (Å²) in [5.74, 6) is -2.06. The summed E-state index contributed by atoms with van der Waals surface area (Å²) in [6, 6.07) is 6.67. The van der Waals surface area contributed by atoms with Gasteiger partial charge in [-0.3, -0.25) is 4.98 Å². The van der Waals surface area contributed by atoms with Crippen molar-refractivity contribution in [2.24, 2.45) is 5.41 Å². The molecule has 2 heterocycles. The van der Waals surface area contributed by atoms with E-state index in [0.29, 0.717) is 79.7 Å². The summed E-state index contributed by atoms with van der Waals surface area (Å²) in [6.07, 6.45) is 2.91. The number of pyridine rings is 1. The Kier molecular flexibility index (Phi) is 8.93. The van der Waals surface area contributed by atoms with Gasteiger partial charge in [0.05, 0.1) is 17.6 Å². The quantitative estimate of drug-likeness (QED) is 0.288. The summed E-state index contributed by atoms with van der Waals surface area (Å²) in [4.78, 5) is 6.47. The van der Waals surface area contributed by atoms with Crippen LogP contribution in [0.1, 0.15) is 49.4 Å². The highest BCUT2D eigenvalue weighted by molar-refractivity contribution is 6.32. The molecule has 1 atom stereocenters. The smallest absolute Gasteiger partial charge is 0.132 e. The summed E-state index contributed by atoms with van der Waals surface area (Å²) >= 11 is 6.36. The minimum Gasteiger partial charge on any atom is -0.497 e. The fourth-order valence-electron chi connectivity index (χ4n) is 5.22. The molecule has 0 spiro atoms. The van der Waals surface area contributed by atoms with Crippen LogP contribution < -0.4 is 4.74 Å². The summed E-state index contributed by atoms with van der Waals surface area (Å²) in [5.41, 5.74) is 0.519. The fraction of sp³-hybridized carbons (Fsp3) is 0.464. The molecule has 0 radical (unpaired) electrons. The van der Waals surface area contributed by atoms with Crippen LogP contribution in [0.15, 0.2) is 36.5 Å². The van der Waals surface area contributed by atoms with E-state index >= 15 is 4.39 Å². The Morgan fingerprint density at radius 3 is 2.49 bits per heavy atom. The maximum Gasteiger partial charge on any atom is 0.132 e. The first kappa shape index (κ1) is 27.6. The molecule has 3 aromatic rings. The lowest BCUT2D eigenvalue weighted by Crippen LogP contribution is -2.42. The zero-order valence-electron chi connectivity index (χ0n) is 20.8. The first-order chi connectivity index (χ1) is 17.7. The summed E-state index contributed by atoms with van der Waals surface area (Å²) < 4.78 is 61.7. The Morgan fingerprint density at radius 2 is 1.84 bits per heavy atom. The fourth-order valence-corrected chi connectivity index (χ4v) is 5.49. The predicted octanol–water partition coefficient (Wildman–Crippen LogP) is 6.81. The minimum atomic E-state index is -1.33. The van der Waals surface area contributed by atoms with E-state index in [1.165, 1.54) is 6.20 Å². The molecule has 1 aromatic heterocycles. The number of methoxy groups -OCH3 is 1. The maximum absolute atomic E-state index is 15.6. The van der Waals surface area contributed by atoms with Crippen LogP contribution in [-0.4, -0.2) is 48.3 Å². The molecule has 0 aliphatic carbocycles. The molecule has 1 aliphatic rings. The molecule has 1 aliphatic heterocycles. The van der Waals surface area contributed by atoms with E-state index in [4.69, 9.17) is 16.3 Å². The Hall–Kier alpha value is -2.42. The molecule has 1 fully saturated rings. The van der Waals surface area contributed by atoms with E-state index in [0.717, 1.165) is 0 Å². The molecule has 2 aromatic carbocycles. The van der Waals surface area contributed by atoms with Crippen LogP contribution in [-0.2, 0) is 6.42 Å². The zero-order chi connectivity index (χ0) is 26.6. The molecule has 1 saturated heterocycles. The second kappa shape index (κ2) is 12.0. The number of aliphatic hydroxyl groups is 1. The van der Waals surface area contributed by atoms with Gasteiger partial charge in [-0.15, -0.1) is 0 Å². The number of hydrogen-bond donors (Lipinski definition) is 1. The number of hydrogen-bond acceptors (Lipinski definition) is 4. The molecule has 0 amide bonds. The SMILES string of the molecule is COc1ccc2ncc(Cl)c([C@@H](F)CCC3(CO)CCN(CCCc4c(F)cc(F)cc4F)CC3)c2c1. The normalized spacial score (nSPS) is 16.7. The number of aromatic nitrogens is 1. The lowest BCUT2D eigenvalue weighted by Gasteiger charge is -2.41. The van der Waals surface area contributed by atoms with Crippen LogP contribution >= 0.6 is 11.6 Å². The van der Waals surface area contributed by atoms with E-state index in [1.54, 1.807) is 25.3 Å². The van der Waals surface area contributed by atoms with E-state index in [9.17, 15) is 18.3 Å². The predicted molar refractivity (Wildman–Crippen MR) is 136 cm³/mol. The largest absolute Gasteiger partial charge is 0.497 e. The van der Waals surface area contributed by atoms with Crippen molar-refractivity contribution in [3.63, 3.8) is 0 Å². The lowest BCUT2D eigenvalue weighted by atomic mass is 9.74. The number of fused-ring (bicyclic) bond motifs is 1. The molecule has 1 N–H and O–H groups in total. The first-order valence-electron chi connectivity index (χ1n) is 12.5. The molecule has 0 saturated carbocycles. The van der Waals surface area contributed by atoms with Crippen molar-refractivity contribution in [3.8, 4) is 5.75 Å². The lowest BCUT2D eigenvalue weighted by molar-refractivity contribution is 0.0300. The Labute approximate surface area is 219 Å². The summed E-state index contributed by atoms with van der Waals surface area (Å²) in [6.45, 7) is 1.98. The zero-order valence-corrected chi connectivity index (χ0v) is 21.5. The molecular weight excluding hydrogens is 508 g/mol. The Balaban J connectivity index is 1.33. The highest BCUT2D eigenvalue weighted by Gasteiger charge is 2.35. The van der Waals surface area contributed by atoms with Gasteiger partial charge in [0.15, 0.2) is 0 Å². The third-order valence-corrected chi connectivity index (χ3v) is 7.87. The Bertz CT molecular complexity index is 1210. The average molecular weight is 539 g/mol. The minimum absolute atomic E-state index is 0.0434. The number of ether oxygens (including phenoxy) is 1. The first-order valence-corrected chi connectivity index (χ1v) is 12.9. The molecule has 200 valence electrons. The van der Waals surface area contributed by atoms with Crippen LogP contribution in [0.3, 0.4) is 0 Å². The summed E-state index contributed by atoms with van der Waals surface area (Å²) in [7, 11) is 1.54. The number of alkyl halides is 1. The van der Waals surface area contributed by atoms with E-state index in [1.807, 2.05) is 0 Å². The van der Waals surface area contributed by atoms with Crippen molar-refractivity contribution in [1.82, 2.24) is 9.88 Å². The van der Waals surface area contributed by atoms with Gasteiger partial charge in [0.25, 0.3) is 0 Å². The number of halogens is 5. The van der Waals surface area contributed by atoms with Gasteiger partial charge >= 0.3 is 0 Å². The molecule has 4 nitrogen and oxygen atoms in total. The van der Waals surface area contributed by atoms with Gasteiger partial charge < -0.3 is 14.7 Å². The number of rotatable bonds is 10. The number of nitrogens with zero attached hydrogens (tertiary/aromatic N) is 2. The van der Waals surface area contributed by atoms with Crippen LogP contribution in [0.5, 0.6) is 5.75 Å².